The number of carbonyl (C=O) groups excluding carboxylic acids is 1. The number of rotatable bonds is 4. The maximum Gasteiger partial charge on any atom is 0.348 e. The monoisotopic (exact) mass is 355 g/mol. The molecule has 0 amide bonds. The lowest BCUT2D eigenvalue weighted by atomic mass is 10.1. The van der Waals surface area contributed by atoms with Gasteiger partial charge in [-0.2, -0.15) is 0 Å². The molecule has 2 rings (SSSR count). The second kappa shape index (κ2) is 6.61. The van der Waals surface area contributed by atoms with Gasteiger partial charge in [0.05, 0.1) is 12.0 Å². The minimum atomic E-state index is -0.322. The summed E-state index contributed by atoms with van der Waals surface area (Å²) in [4.78, 5) is 22.1. The number of esters is 1. The van der Waals surface area contributed by atoms with Crippen molar-refractivity contribution >= 4 is 44.9 Å². The molecule has 0 saturated heterocycles. The maximum atomic E-state index is 12.3. The van der Waals surface area contributed by atoms with Gasteiger partial charge in [0.1, 0.15) is 15.5 Å². The van der Waals surface area contributed by atoms with E-state index in [9.17, 15) is 4.79 Å². The van der Waals surface area contributed by atoms with Crippen LogP contribution < -0.4 is 5.32 Å². The van der Waals surface area contributed by atoms with Gasteiger partial charge < -0.3 is 10.1 Å². The van der Waals surface area contributed by atoms with Crippen LogP contribution in [-0.2, 0) is 4.74 Å². The molecular formula is C16H22ClN3O2S. The number of anilines is 1. The third-order valence-corrected chi connectivity index (χ3v) is 4.32. The molecule has 0 bridgehead atoms. The molecule has 0 atom stereocenters. The molecule has 7 heteroatoms. The Labute approximate surface area is 145 Å². The Bertz CT molecular complexity index is 735. The summed E-state index contributed by atoms with van der Waals surface area (Å²) in [6.45, 7) is 12.4. The minimum absolute atomic E-state index is 0.160. The molecule has 126 valence electrons. The van der Waals surface area contributed by atoms with Crippen molar-refractivity contribution in [1.29, 1.82) is 0 Å². The topological polar surface area (TPSA) is 64.1 Å². The summed E-state index contributed by atoms with van der Waals surface area (Å²) in [7, 11) is 0. The normalized spacial score (nSPS) is 12.0. The number of fused-ring (bicyclic) bond motifs is 1. The SMILES string of the molecule is Cc1c(C(=O)OCC(C)C)sc2nc(Cl)nc(NC(C)(C)C)c12. The first-order valence-electron chi connectivity index (χ1n) is 7.50. The van der Waals surface area contributed by atoms with Crippen molar-refractivity contribution in [3.8, 4) is 0 Å². The van der Waals surface area contributed by atoms with E-state index in [1.807, 2.05) is 41.5 Å². The molecule has 0 unspecified atom stereocenters. The number of halogens is 1. The van der Waals surface area contributed by atoms with Crippen LogP contribution >= 0.6 is 22.9 Å². The van der Waals surface area contributed by atoms with Crippen LogP contribution in [0.25, 0.3) is 10.2 Å². The van der Waals surface area contributed by atoms with Crippen LogP contribution in [0.1, 0.15) is 49.9 Å². The van der Waals surface area contributed by atoms with Gasteiger partial charge in [-0.1, -0.05) is 13.8 Å². The Kier molecular flexibility index (Phi) is 5.16. The van der Waals surface area contributed by atoms with E-state index in [0.29, 0.717) is 28.1 Å². The van der Waals surface area contributed by atoms with Crippen LogP contribution in [0.5, 0.6) is 0 Å². The number of ether oxygens (including phenoxy) is 1. The van der Waals surface area contributed by atoms with E-state index in [1.165, 1.54) is 11.3 Å². The number of nitrogens with zero attached hydrogens (tertiary/aromatic N) is 2. The lowest BCUT2D eigenvalue weighted by molar-refractivity contribution is 0.0464. The zero-order chi connectivity index (χ0) is 17.4. The molecule has 0 aliphatic carbocycles. The number of aryl methyl sites for hydroxylation is 1. The van der Waals surface area contributed by atoms with Crippen LogP contribution in [0, 0.1) is 12.8 Å². The number of aromatic nitrogens is 2. The lowest BCUT2D eigenvalue weighted by Crippen LogP contribution is -2.27. The van der Waals surface area contributed by atoms with E-state index in [2.05, 4.69) is 15.3 Å². The maximum absolute atomic E-state index is 12.3. The van der Waals surface area contributed by atoms with E-state index in [0.717, 1.165) is 10.9 Å². The number of hydrogen-bond donors (Lipinski definition) is 1. The second-order valence-electron chi connectivity index (χ2n) is 6.94. The van der Waals surface area contributed by atoms with Gasteiger partial charge >= 0.3 is 5.97 Å². The zero-order valence-corrected chi connectivity index (χ0v) is 15.9. The highest BCUT2D eigenvalue weighted by atomic mass is 35.5. The summed E-state index contributed by atoms with van der Waals surface area (Å²) in [5, 5.41) is 4.31. The van der Waals surface area contributed by atoms with Gasteiger partial charge in [-0.25, -0.2) is 14.8 Å². The minimum Gasteiger partial charge on any atom is -0.461 e. The predicted octanol–water partition coefficient (Wildman–Crippen LogP) is 4.68. The first-order chi connectivity index (χ1) is 10.6. The molecule has 0 aliphatic heterocycles. The van der Waals surface area contributed by atoms with Crippen LogP contribution in [0.15, 0.2) is 0 Å². The van der Waals surface area contributed by atoms with Gasteiger partial charge in [0.15, 0.2) is 0 Å². The number of carbonyl (C=O) groups is 1. The summed E-state index contributed by atoms with van der Waals surface area (Å²) in [6.07, 6.45) is 0. The van der Waals surface area contributed by atoms with Gasteiger partial charge in [-0.05, 0) is 50.8 Å². The molecule has 5 nitrogen and oxygen atoms in total. The zero-order valence-electron chi connectivity index (χ0n) is 14.3. The van der Waals surface area contributed by atoms with E-state index < -0.39 is 0 Å². The second-order valence-corrected chi connectivity index (χ2v) is 8.28. The molecule has 0 aliphatic rings. The summed E-state index contributed by atoms with van der Waals surface area (Å²) in [5.41, 5.74) is 0.638. The summed E-state index contributed by atoms with van der Waals surface area (Å²) >= 11 is 7.31. The molecule has 0 aromatic carbocycles. The van der Waals surface area contributed by atoms with Gasteiger partial charge in [0.2, 0.25) is 5.28 Å². The summed E-state index contributed by atoms with van der Waals surface area (Å²) in [6, 6.07) is 0. The molecule has 0 spiro atoms. The quantitative estimate of drug-likeness (QED) is 0.637. The molecule has 23 heavy (non-hydrogen) atoms. The standard InChI is InChI=1S/C16H22ClN3O2S/c1-8(2)7-22-14(21)11-9(3)10-12(20-16(4,5)6)18-15(17)19-13(10)23-11/h8H,7H2,1-6H3,(H,18,19,20). The summed E-state index contributed by atoms with van der Waals surface area (Å²) in [5.74, 6) is 0.613. The molecule has 1 N–H and O–H groups in total. The Hall–Kier alpha value is -1.40. The van der Waals surface area contributed by atoms with Gasteiger partial charge in [-0.3, -0.25) is 0 Å². The Balaban J connectivity index is 2.49. The third-order valence-electron chi connectivity index (χ3n) is 2.99. The molecule has 0 fully saturated rings. The molecular weight excluding hydrogens is 334 g/mol. The van der Waals surface area contributed by atoms with Crippen molar-refractivity contribution in [2.75, 3.05) is 11.9 Å². The van der Waals surface area contributed by atoms with Gasteiger partial charge in [-0.15, -0.1) is 11.3 Å². The van der Waals surface area contributed by atoms with Crippen molar-refractivity contribution < 1.29 is 9.53 Å². The molecule has 0 saturated carbocycles. The van der Waals surface area contributed by atoms with Crippen molar-refractivity contribution in [3.63, 3.8) is 0 Å². The van der Waals surface area contributed by atoms with Gasteiger partial charge in [0, 0.05) is 5.54 Å². The highest BCUT2D eigenvalue weighted by Crippen LogP contribution is 2.36. The molecule has 2 aromatic heterocycles. The lowest BCUT2D eigenvalue weighted by Gasteiger charge is -2.22. The fourth-order valence-corrected chi connectivity index (χ4v) is 3.35. The van der Waals surface area contributed by atoms with Crippen LogP contribution in [0.2, 0.25) is 5.28 Å². The third kappa shape index (κ3) is 4.32. The van der Waals surface area contributed by atoms with Crippen LogP contribution in [0.4, 0.5) is 5.82 Å². The first kappa shape index (κ1) is 17.9. The van der Waals surface area contributed by atoms with E-state index in [4.69, 9.17) is 16.3 Å². The van der Waals surface area contributed by atoms with E-state index >= 15 is 0 Å². The number of thiophene rings is 1. The van der Waals surface area contributed by atoms with Crippen LogP contribution in [-0.4, -0.2) is 28.1 Å². The number of hydrogen-bond acceptors (Lipinski definition) is 6. The van der Waals surface area contributed by atoms with E-state index in [1.54, 1.807) is 0 Å². The summed E-state index contributed by atoms with van der Waals surface area (Å²) < 4.78 is 5.34. The van der Waals surface area contributed by atoms with Crippen molar-refractivity contribution in [1.82, 2.24) is 9.97 Å². The van der Waals surface area contributed by atoms with Crippen molar-refractivity contribution in [2.45, 2.75) is 47.1 Å². The molecule has 2 aromatic rings. The average Bonchev–Trinajstić information content (AvgIpc) is 2.71. The highest BCUT2D eigenvalue weighted by Gasteiger charge is 2.23. The Morgan fingerprint density at radius 2 is 2.00 bits per heavy atom. The fraction of sp³-hybridized carbons (Fsp3) is 0.562. The van der Waals surface area contributed by atoms with Gasteiger partial charge in [0.25, 0.3) is 0 Å². The average molecular weight is 356 g/mol. The predicted molar refractivity (Wildman–Crippen MR) is 95.7 cm³/mol. The Morgan fingerprint density at radius 3 is 2.57 bits per heavy atom. The van der Waals surface area contributed by atoms with Crippen molar-refractivity contribution in [2.24, 2.45) is 5.92 Å². The smallest absolute Gasteiger partial charge is 0.348 e. The molecule has 2 heterocycles. The number of nitrogens with one attached hydrogen (secondary N) is 1. The molecule has 0 radical (unpaired) electrons. The Morgan fingerprint density at radius 1 is 1.35 bits per heavy atom. The van der Waals surface area contributed by atoms with Crippen molar-refractivity contribution in [3.05, 3.63) is 15.7 Å². The fourth-order valence-electron chi connectivity index (χ4n) is 2.06. The first-order valence-corrected chi connectivity index (χ1v) is 8.70. The van der Waals surface area contributed by atoms with Crippen LogP contribution in [0.3, 0.4) is 0 Å². The van der Waals surface area contributed by atoms with E-state index in [-0.39, 0.29) is 16.8 Å². The largest absolute Gasteiger partial charge is 0.461 e. The highest BCUT2D eigenvalue weighted by molar-refractivity contribution is 7.20.